The van der Waals surface area contributed by atoms with Crippen molar-refractivity contribution in [3.8, 4) is 6.07 Å². The van der Waals surface area contributed by atoms with Gasteiger partial charge in [0, 0.05) is 24.3 Å². The first-order chi connectivity index (χ1) is 10.5. The third-order valence-corrected chi connectivity index (χ3v) is 2.90. The first-order valence-corrected chi connectivity index (χ1v) is 6.12. The number of benzene rings is 2. The standard InChI is InChI=1S/C15H9N3O4/c16-10-13(12-4-6-14(7-5-12)17(19)20)8-11-2-1-3-15(9-11)18(21)22/h1-9H/b13-8-. The number of rotatable bonds is 4. The Balaban J connectivity index is 2.39. The molecule has 0 N–H and O–H groups in total. The molecule has 0 unspecified atom stereocenters. The average Bonchev–Trinajstić information content (AvgIpc) is 2.53. The van der Waals surface area contributed by atoms with E-state index in [4.69, 9.17) is 0 Å². The minimum absolute atomic E-state index is 0.0728. The molecule has 0 radical (unpaired) electrons. The summed E-state index contributed by atoms with van der Waals surface area (Å²) in [6.07, 6.45) is 1.49. The number of nitriles is 1. The molecule has 0 bridgehead atoms. The van der Waals surface area contributed by atoms with Gasteiger partial charge in [0.1, 0.15) is 0 Å². The Kier molecular flexibility index (Phi) is 4.24. The highest BCUT2D eigenvalue weighted by molar-refractivity contribution is 5.89. The van der Waals surface area contributed by atoms with E-state index in [1.54, 1.807) is 6.07 Å². The monoisotopic (exact) mass is 295 g/mol. The average molecular weight is 295 g/mol. The zero-order valence-electron chi connectivity index (χ0n) is 11.2. The van der Waals surface area contributed by atoms with Crippen molar-refractivity contribution < 1.29 is 9.85 Å². The molecule has 2 aromatic carbocycles. The van der Waals surface area contributed by atoms with E-state index in [0.29, 0.717) is 11.1 Å². The number of hydrogen-bond donors (Lipinski definition) is 0. The van der Waals surface area contributed by atoms with Gasteiger partial charge in [-0.05, 0) is 29.3 Å². The third kappa shape index (κ3) is 3.32. The van der Waals surface area contributed by atoms with Gasteiger partial charge in [-0.1, -0.05) is 12.1 Å². The van der Waals surface area contributed by atoms with Crippen molar-refractivity contribution in [3.05, 3.63) is 79.9 Å². The highest BCUT2D eigenvalue weighted by atomic mass is 16.6. The summed E-state index contributed by atoms with van der Waals surface area (Å²) < 4.78 is 0. The van der Waals surface area contributed by atoms with Gasteiger partial charge in [0.25, 0.3) is 11.4 Å². The maximum atomic E-state index is 10.7. The summed E-state index contributed by atoms with van der Waals surface area (Å²) >= 11 is 0. The van der Waals surface area contributed by atoms with E-state index in [0.717, 1.165) is 0 Å². The lowest BCUT2D eigenvalue weighted by atomic mass is 10.0. The van der Waals surface area contributed by atoms with Crippen LogP contribution in [0.3, 0.4) is 0 Å². The van der Waals surface area contributed by atoms with E-state index in [1.165, 1.54) is 48.5 Å². The van der Waals surface area contributed by atoms with Crippen LogP contribution >= 0.6 is 0 Å². The summed E-state index contributed by atoms with van der Waals surface area (Å²) in [6.45, 7) is 0. The molecule has 22 heavy (non-hydrogen) atoms. The normalized spacial score (nSPS) is 10.8. The van der Waals surface area contributed by atoms with Gasteiger partial charge in [-0.2, -0.15) is 5.26 Å². The molecule has 7 heteroatoms. The lowest BCUT2D eigenvalue weighted by Gasteiger charge is -2.00. The van der Waals surface area contributed by atoms with Crippen LogP contribution < -0.4 is 0 Å². The van der Waals surface area contributed by atoms with E-state index < -0.39 is 9.85 Å². The van der Waals surface area contributed by atoms with Gasteiger partial charge in [-0.3, -0.25) is 20.2 Å². The summed E-state index contributed by atoms with van der Waals surface area (Å²) in [4.78, 5) is 20.3. The Labute approximate surface area is 125 Å². The smallest absolute Gasteiger partial charge is 0.258 e. The minimum atomic E-state index is -0.528. The summed E-state index contributed by atoms with van der Waals surface area (Å²) in [7, 11) is 0. The lowest BCUT2D eigenvalue weighted by molar-refractivity contribution is -0.385. The molecule has 0 fully saturated rings. The van der Waals surface area contributed by atoms with Crippen molar-refractivity contribution in [1.82, 2.24) is 0 Å². The van der Waals surface area contributed by atoms with E-state index in [1.807, 2.05) is 6.07 Å². The molecule has 0 heterocycles. The zero-order valence-corrected chi connectivity index (χ0v) is 11.2. The number of non-ortho nitro benzene ring substituents is 2. The number of hydrogen-bond acceptors (Lipinski definition) is 5. The van der Waals surface area contributed by atoms with E-state index in [9.17, 15) is 25.5 Å². The summed E-state index contributed by atoms with van der Waals surface area (Å²) in [5, 5.41) is 30.6. The first-order valence-electron chi connectivity index (χ1n) is 6.12. The van der Waals surface area contributed by atoms with Crippen LogP contribution in [0.4, 0.5) is 11.4 Å². The van der Waals surface area contributed by atoms with E-state index in [-0.39, 0.29) is 16.9 Å². The van der Waals surface area contributed by atoms with Crippen molar-refractivity contribution in [2.45, 2.75) is 0 Å². The maximum Gasteiger partial charge on any atom is 0.270 e. The van der Waals surface area contributed by atoms with Gasteiger partial charge in [-0.25, -0.2) is 0 Å². The van der Waals surface area contributed by atoms with Gasteiger partial charge < -0.3 is 0 Å². The molecule has 7 nitrogen and oxygen atoms in total. The molecule has 0 aliphatic carbocycles. The maximum absolute atomic E-state index is 10.7. The van der Waals surface area contributed by atoms with Crippen molar-refractivity contribution in [2.24, 2.45) is 0 Å². The van der Waals surface area contributed by atoms with Crippen LogP contribution in [-0.2, 0) is 0 Å². The highest BCUT2D eigenvalue weighted by Crippen LogP contribution is 2.22. The molecule has 2 aromatic rings. The molecule has 2 rings (SSSR count). The van der Waals surface area contributed by atoms with Crippen LogP contribution in [0.15, 0.2) is 48.5 Å². The largest absolute Gasteiger partial charge is 0.270 e. The summed E-state index contributed by atoms with van der Waals surface area (Å²) in [5.41, 5.74) is 1.12. The van der Waals surface area contributed by atoms with Crippen LogP contribution in [0.2, 0.25) is 0 Å². The van der Waals surface area contributed by atoms with Crippen molar-refractivity contribution >= 4 is 23.0 Å². The number of nitro groups is 2. The van der Waals surface area contributed by atoms with Crippen molar-refractivity contribution in [2.75, 3.05) is 0 Å². The molecule has 0 saturated carbocycles. The SMILES string of the molecule is N#C/C(=C/c1cccc([N+](=O)[O-])c1)c1ccc([N+](=O)[O-])cc1. The van der Waals surface area contributed by atoms with Gasteiger partial charge in [-0.15, -0.1) is 0 Å². The van der Waals surface area contributed by atoms with Gasteiger partial charge in [0.05, 0.1) is 21.5 Å². The van der Waals surface area contributed by atoms with Crippen LogP contribution in [0.1, 0.15) is 11.1 Å². The molecule has 0 aliphatic rings. The molecule has 0 spiro atoms. The minimum Gasteiger partial charge on any atom is -0.258 e. The fourth-order valence-electron chi connectivity index (χ4n) is 1.84. The van der Waals surface area contributed by atoms with E-state index in [2.05, 4.69) is 0 Å². The van der Waals surface area contributed by atoms with Gasteiger partial charge >= 0.3 is 0 Å². The molecule has 0 saturated heterocycles. The molecule has 0 aromatic heterocycles. The second-order valence-corrected chi connectivity index (χ2v) is 4.33. The third-order valence-electron chi connectivity index (χ3n) is 2.90. The Bertz CT molecular complexity index is 804. The summed E-state index contributed by atoms with van der Waals surface area (Å²) in [5.74, 6) is 0. The topological polar surface area (TPSA) is 110 Å². The lowest BCUT2D eigenvalue weighted by Crippen LogP contribution is -1.89. The summed E-state index contributed by atoms with van der Waals surface area (Å²) in [6, 6.07) is 13.4. The van der Waals surface area contributed by atoms with Gasteiger partial charge in [0.2, 0.25) is 0 Å². The number of allylic oxidation sites excluding steroid dienone is 1. The Morgan fingerprint density at radius 2 is 1.64 bits per heavy atom. The van der Waals surface area contributed by atoms with Crippen LogP contribution in [0, 0.1) is 31.6 Å². The Morgan fingerprint density at radius 3 is 2.18 bits per heavy atom. The quantitative estimate of drug-likeness (QED) is 0.370. The predicted molar refractivity (Wildman–Crippen MR) is 79.7 cm³/mol. The second-order valence-electron chi connectivity index (χ2n) is 4.33. The number of nitro benzene ring substituents is 2. The number of nitrogens with zero attached hydrogens (tertiary/aromatic N) is 3. The Hall–Kier alpha value is -3.53. The first kappa shape index (κ1) is 14.9. The van der Waals surface area contributed by atoms with Crippen molar-refractivity contribution in [3.63, 3.8) is 0 Å². The molecular weight excluding hydrogens is 286 g/mol. The predicted octanol–water partition coefficient (Wildman–Crippen LogP) is 3.57. The van der Waals surface area contributed by atoms with E-state index >= 15 is 0 Å². The Morgan fingerprint density at radius 1 is 1.00 bits per heavy atom. The van der Waals surface area contributed by atoms with Gasteiger partial charge in [0.15, 0.2) is 0 Å². The van der Waals surface area contributed by atoms with Crippen LogP contribution in [0.5, 0.6) is 0 Å². The molecular formula is C15H9N3O4. The molecule has 0 amide bonds. The van der Waals surface area contributed by atoms with Crippen LogP contribution in [-0.4, -0.2) is 9.85 Å². The fraction of sp³-hybridized carbons (Fsp3) is 0. The fourth-order valence-corrected chi connectivity index (χ4v) is 1.84. The molecule has 0 aliphatic heterocycles. The van der Waals surface area contributed by atoms with Crippen LogP contribution in [0.25, 0.3) is 11.6 Å². The molecule has 0 atom stereocenters. The second kappa shape index (κ2) is 6.28. The zero-order chi connectivity index (χ0) is 16.1. The highest BCUT2D eigenvalue weighted by Gasteiger charge is 2.08. The van der Waals surface area contributed by atoms with Crippen molar-refractivity contribution in [1.29, 1.82) is 5.26 Å². The molecule has 108 valence electrons.